The van der Waals surface area contributed by atoms with Crippen molar-refractivity contribution in [2.24, 2.45) is 0 Å². The summed E-state index contributed by atoms with van der Waals surface area (Å²) in [5.41, 5.74) is 0. The Kier molecular flexibility index (Phi) is 6.34. The molecule has 0 bridgehead atoms. The van der Waals surface area contributed by atoms with E-state index in [2.05, 4.69) is 13.9 Å². The van der Waals surface area contributed by atoms with Crippen LogP contribution in [0.4, 0.5) is 22.0 Å². The van der Waals surface area contributed by atoms with E-state index < -0.39 is 45.4 Å². The van der Waals surface area contributed by atoms with Crippen LogP contribution in [-0.2, 0) is 18.7 Å². The first kappa shape index (κ1) is 20.3. The standard InChI is InChI=1S/C11H19F5O4Si/c1-6-18-8(17)9(12,13)10(19-7-2,11(14,15)16)20-21(3,4)5/h6-7H2,1-5H3. The van der Waals surface area contributed by atoms with Gasteiger partial charge in [0.25, 0.3) is 0 Å². The molecule has 21 heavy (non-hydrogen) atoms. The van der Waals surface area contributed by atoms with Crippen molar-refractivity contribution in [3.8, 4) is 0 Å². The smallest absolute Gasteiger partial charge is 0.449 e. The van der Waals surface area contributed by atoms with Crippen molar-refractivity contribution < 1.29 is 40.6 Å². The molecular weight excluding hydrogens is 319 g/mol. The molecular formula is C11H19F5O4Si. The summed E-state index contributed by atoms with van der Waals surface area (Å²) in [5.74, 6) is -11.7. The predicted molar refractivity (Wildman–Crippen MR) is 66.4 cm³/mol. The van der Waals surface area contributed by atoms with Crippen molar-refractivity contribution in [3.05, 3.63) is 0 Å². The number of ether oxygens (including phenoxy) is 2. The number of hydrogen-bond donors (Lipinski definition) is 0. The Labute approximate surface area is 120 Å². The van der Waals surface area contributed by atoms with E-state index in [0.29, 0.717) is 0 Å². The van der Waals surface area contributed by atoms with Gasteiger partial charge in [-0.05, 0) is 33.5 Å². The van der Waals surface area contributed by atoms with Gasteiger partial charge in [-0.1, -0.05) is 0 Å². The monoisotopic (exact) mass is 338 g/mol. The number of alkyl halides is 5. The van der Waals surface area contributed by atoms with Gasteiger partial charge in [-0.25, -0.2) is 4.79 Å². The zero-order valence-corrected chi connectivity index (χ0v) is 13.4. The predicted octanol–water partition coefficient (Wildman–Crippen LogP) is 3.33. The SMILES string of the molecule is CCOC(=O)C(F)(F)C(OCC)(O[Si](C)(C)C)C(F)(F)F. The highest BCUT2D eigenvalue weighted by molar-refractivity contribution is 6.69. The lowest BCUT2D eigenvalue weighted by atomic mass is 10.1. The first-order valence-corrected chi connectivity index (χ1v) is 9.62. The van der Waals surface area contributed by atoms with Gasteiger partial charge in [-0.2, -0.15) is 22.0 Å². The average Bonchev–Trinajstić information content (AvgIpc) is 2.25. The van der Waals surface area contributed by atoms with Gasteiger partial charge >= 0.3 is 23.9 Å². The van der Waals surface area contributed by atoms with Crippen molar-refractivity contribution in [2.45, 2.75) is 51.4 Å². The quantitative estimate of drug-likeness (QED) is 0.309. The summed E-state index contributed by atoms with van der Waals surface area (Å²) in [6, 6.07) is 0. The number of hydrogen-bond acceptors (Lipinski definition) is 4. The van der Waals surface area contributed by atoms with Gasteiger partial charge in [0, 0.05) is 6.61 Å². The number of halogens is 5. The third-order valence-electron chi connectivity index (χ3n) is 2.12. The van der Waals surface area contributed by atoms with E-state index in [-0.39, 0.29) is 0 Å². The van der Waals surface area contributed by atoms with E-state index in [1.807, 2.05) is 0 Å². The molecule has 0 aliphatic rings. The zero-order chi connectivity index (χ0) is 17.1. The van der Waals surface area contributed by atoms with Gasteiger partial charge in [-0.15, -0.1) is 0 Å². The van der Waals surface area contributed by atoms with Gasteiger partial charge in [0.1, 0.15) is 0 Å². The summed E-state index contributed by atoms with van der Waals surface area (Å²) in [6.45, 7) is 4.88. The number of carbonyl (C=O) groups excluding carboxylic acids is 1. The molecule has 0 aromatic carbocycles. The molecule has 10 heteroatoms. The van der Waals surface area contributed by atoms with Crippen molar-refractivity contribution >= 4 is 14.3 Å². The molecule has 0 N–H and O–H groups in total. The first-order valence-electron chi connectivity index (χ1n) is 6.21. The van der Waals surface area contributed by atoms with Gasteiger partial charge in [-0.3, -0.25) is 0 Å². The number of rotatable bonds is 7. The zero-order valence-electron chi connectivity index (χ0n) is 12.4. The molecule has 0 rings (SSSR count). The second-order valence-electron chi connectivity index (χ2n) is 5.06. The van der Waals surface area contributed by atoms with Crippen LogP contribution in [0.2, 0.25) is 19.6 Å². The van der Waals surface area contributed by atoms with Crippen LogP contribution in [-0.4, -0.2) is 45.4 Å². The molecule has 0 aliphatic carbocycles. The third-order valence-corrected chi connectivity index (χ3v) is 3.02. The molecule has 0 spiro atoms. The van der Waals surface area contributed by atoms with Crippen LogP contribution in [0.1, 0.15) is 13.8 Å². The molecule has 0 saturated heterocycles. The van der Waals surface area contributed by atoms with E-state index in [4.69, 9.17) is 0 Å². The van der Waals surface area contributed by atoms with Gasteiger partial charge < -0.3 is 13.9 Å². The summed E-state index contributed by atoms with van der Waals surface area (Å²) in [5, 5.41) is 0. The molecule has 4 nitrogen and oxygen atoms in total. The molecule has 126 valence electrons. The summed E-state index contributed by atoms with van der Waals surface area (Å²) in [4.78, 5) is 11.3. The molecule has 0 fully saturated rings. The maximum atomic E-state index is 14.1. The Bertz CT molecular complexity index is 367. The minimum atomic E-state index is -5.63. The fraction of sp³-hybridized carbons (Fsp3) is 0.909. The molecule has 0 aromatic heterocycles. The lowest BCUT2D eigenvalue weighted by Gasteiger charge is -2.42. The van der Waals surface area contributed by atoms with Crippen molar-refractivity contribution in [1.29, 1.82) is 0 Å². The lowest BCUT2D eigenvalue weighted by Crippen LogP contribution is -2.68. The van der Waals surface area contributed by atoms with E-state index in [1.54, 1.807) is 0 Å². The largest absolute Gasteiger partial charge is 0.461 e. The van der Waals surface area contributed by atoms with Gasteiger partial charge in [0.2, 0.25) is 0 Å². The molecule has 0 amide bonds. The average molecular weight is 338 g/mol. The van der Waals surface area contributed by atoms with Crippen LogP contribution in [0.5, 0.6) is 0 Å². The minimum Gasteiger partial charge on any atom is -0.461 e. The molecule has 1 unspecified atom stereocenters. The molecule has 0 radical (unpaired) electrons. The van der Waals surface area contributed by atoms with Gasteiger partial charge in [0.15, 0.2) is 8.32 Å². The fourth-order valence-electron chi connectivity index (χ4n) is 1.49. The van der Waals surface area contributed by atoms with Crippen LogP contribution in [0.25, 0.3) is 0 Å². The van der Waals surface area contributed by atoms with E-state index in [9.17, 15) is 26.7 Å². The van der Waals surface area contributed by atoms with Gasteiger partial charge in [0.05, 0.1) is 6.61 Å². The van der Waals surface area contributed by atoms with Crippen LogP contribution in [0.3, 0.4) is 0 Å². The third kappa shape index (κ3) is 4.36. The van der Waals surface area contributed by atoms with E-state index >= 15 is 0 Å². The lowest BCUT2D eigenvalue weighted by molar-refractivity contribution is -0.412. The highest BCUT2D eigenvalue weighted by atomic mass is 28.4. The number of esters is 1. The van der Waals surface area contributed by atoms with Crippen LogP contribution in [0.15, 0.2) is 0 Å². The molecule has 0 aromatic rings. The molecule has 1 atom stereocenters. The topological polar surface area (TPSA) is 44.8 Å². The Hall–Kier alpha value is -0.743. The van der Waals surface area contributed by atoms with Crippen LogP contribution < -0.4 is 0 Å². The normalized spacial score (nSPS) is 16.5. The molecule has 0 aliphatic heterocycles. The highest BCUT2D eigenvalue weighted by Gasteiger charge is 2.77. The highest BCUT2D eigenvalue weighted by Crippen LogP contribution is 2.48. The Morgan fingerprint density at radius 1 is 1.00 bits per heavy atom. The summed E-state index contributed by atoms with van der Waals surface area (Å²) >= 11 is 0. The maximum Gasteiger partial charge on any atom is 0.449 e. The van der Waals surface area contributed by atoms with Crippen molar-refractivity contribution in [3.63, 3.8) is 0 Å². The second kappa shape index (κ2) is 6.57. The molecule has 0 heterocycles. The fourth-order valence-corrected chi connectivity index (χ4v) is 2.66. The minimum absolute atomic E-state index is 0.499. The van der Waals surface area contributed by atoms with Crippen molar-refractivity contribution in [2.75, 3.05) is 13.2 Å². The van der Waals surface area contributed by atoms with Crippen LogP contribution >= 0.6 is 0 Å². The maximum absolute atomic E-state index is 14.1. The Morgan fingerprint density at radius 2 is 1.48 bits per heavy atom. The Balaban J connectivity index is 6.04. The second-order valence-corrected chi connectivity index (χ2v) is 9.49. The van der Waals surface area contributed by atoms with E-state index in [0.717, 1.165) is 6.92 Å². The summed E-state index contributed by atoms with van der Waals surface area (Å²) < 4.78 is 80.9. The first-order chi connectivity index (χ1) is 9.25. The summed E-state index contributed by atoms with van der Waals surface area (Å²) in [6.07, 6.45) is -5.63. The van der Waals surface area contributed by atoms with Crippen molar-refractivity contribution in [1.82, 2.24) is 0 Å². The van der Waals surface area contributed by atoms with E-state index in [1.165, 1.54) is 26.6 Å². The molecule has 0 saturated carbocycles. The number of carbonyl (C=O) groups is 1. The Morgan fingerprint density at radius 3 is 1.76 bits per heavy atom. The van der Waals surface area contributed by atoms with Crippen LogP contribution in [0, 0.1) is 0 Å². The summed E-state index contributed by atoms with van der Waals surface area (Å²) in [7, 11) is -3.15.